The van der Waals surface area contributed by atoms with Crippen molar-refractivity contribution in [2.75, 3.05) is 0 Å². The van der Waals surface area contributed by atoms with Crippen molar-refractivity contribution in [3.05, 3.63) is 46.9 Å². The van der Waals surface area contributed by atoms with Crippen molar-refractivity contribution in [1.29, 1.82) is 0 Å². The molecule has 0 saturated carbocycles. The van der Waals surface area contributed by atoms with Crippen LogP contribution in [0.25, 0.3) is 5.69 Å². The van der Waals surface area contributed by atoms with Gasteiger partial charge in [0, 0.05) is 18.6 Å². The van der Waals surface area contributed by atoms with E-state index >= 15 is 0 Å². The number of pyridine rings is 1. The van der Waals surface area contributed by atoms with E-state index in [1.807, 2.05) is 19.1 Å². The third-order valence-electron chi connectivity index (χ3n) is 1.89. The molecule has 0 radical (unpaired) electrons. The van der Waals surface area contributed by atoms with E-state index in [4.69, 9.17) is 0 Å². The molecule has 4 nitrogen and oxygen atoms in total. The van der Waals surface area contributed by atoms with E-state index in [-0.39, 0.29) is 5.69 Å². The molecule has 0 saturated heterocycles. The minimum absolute atomic E-state index is 0.142. The molecule has 13 heavy (non-hydrogen) atoms. The van der Waals surface area contributed by atoms with Crippen LogP contribution in [0.5, 0.6) is 0 Å². The lowest BCUT2D eigenvalue weighted by Gasteiger charge is -2.02. The van der Waals surface area contributed by atoms with E-state index in [1.54, 1.807) is 18.6 Å². The van der Waals surface area contributed by atoms with Crippen LogP contribution < -0.4 is 5.69 Å². The fourth-order valence-electron chi connectivity index (χ4n) is 1.24. The van der Waals surface area contributed by atoms with Crippen LogP contribution in [0.4, 0.5) is 0 Å². The van der Waals surface area contributed by atoms with Gasteiger partial charge in [-0.3, -0.25) is 9.55 Å². The number of nitrogens with one attached hydrogen (secondary N) is 1. The van der Waals surface area contributed by atoms with Crippen LogP contribution >= 0.6 is 0 Å². The lowest BCUT2D eigenvalue weighted by molar-refractivity contribution is 0.955. The van der Waals surface area contributed by atoms with E-state index in [1.165, 1.54) is 4.57 Å². The number of aromatic amines is 1. The highest BCUT2D eigenvalue weighted by Crippen LogP contribution is 2.06. The van der Waals surface area contributed by atoms with Gasteiger partial charge in [0.15, 0.2) is 0 Å². The summed E-state index contributed by atoms with van der Waals surface area (Å²) >= 11 is 0. The molecule has 0 aliphatic heterocycles. The molecule has 0 atom stereocenters. The Morgan fingerprint density at radius 2 is 2.38 bits per heavy atom. The molecule has 2 rings (SSSR count). The van der Waals surface area contributed by atoms with Crippen molar-refractivity contribution in [3.63, 3.8) is 0 Å². The Labute approximate surface area is 74.9 Å². The molecular formula is C9H9N3O. The number of imidazole rings is 1. The van der Waals surface area contributed by atoms with E-state index < -0.39 is 0 Å². The van der Waals surface area contributed by atoms with E-state index in [9.17, 15) is 4.79 Å². The highest BCUT2D eigenvalue weighted by molar-refractivity contribution is 5.34. The predicted molar refractivity (Wildman–Crippen MR) is 48.9 cm³/mol. The SMILES string of the molecule is Cc1ncccc1-n1cc[nH]c1=O. The van der Waals surface area contributed by atoms with Gasteiger partial charge in [-0.25, -0.2) is 4.79 Å². The Balaban J connectivity index is 2.66. The standard InChI is InChI=1S/C9H9N3O/c1-7-8(3-2-4-10-7)12-6-5-11-9(12)13/h2-6H,1H3,(H,11,13). The van der Waals surface area contributed by atoms with Crippen LogP contribution in [0.2, 0.25) is 0 Å². The van der Waals surface area contributed by atoms with E-state index in [0.717, 1.165) is 11.4 Å². The summed E-state index contributed by atoms with van der Waals surface area (Å²) in [5.74, 6) is 0. The summed E-state index contributed by atoms with van der Waals surface area (Å²) in [6.45, 7) is 1.87. The van der Waals surface area contributed by atoms with Crippen LogP contribution in [-0.4, -0.2) is 14.5 Å². The first kappa shape index (κ1) is 7.79. The van der Waals surface area contributed by atoms with Gasteiger partial charge in [-0.2, -0.15) is 0 Å². The molecule has 0 fully saturated rings. The lowest BCUT2D eigenvalue weighted by atomic mass is 10.3. The molecule has 0 aliphatic rings. The minimum Gasteiger partial charge on any atom is -0.312 e. The minimum atomic E-state index is -0.142. The molecular weight excluding hydrogens is 166 g/mol. The first-order chi connectivity index (χ1) is 6.29. The molecule has 2 aromatic rings. The maximum Gasteiger partial charge on any atom is 0.330 e. The molecule has 2 aromatic heterocycles. The Kier molecular flexibility index (Phi) is 1.73. The van der Waals surface area contributed by atoms with Gasteiger partial charge < -0.3 is 4.98 Å². The second kappa shape index (κ2) is 2.90. The van der Waals surface area contributed by atoms with Crippen molar-refractivity contribution >= 4 is 0 Å². The molecule has 66 valence electrons. The summed E-state index contributed by atoms with van der Waals surface area (Å²) in [6, 6.07) is 3.67. The Morgan fingerprint density at radius 3 is 3.00 bits per heavy atom. The third-order valence-corrected chi connectivity index (χ3v) is 1.89. The number of aryl methyl sites for hydroxylation is 1. The van der Waals surface area contributed by atoms with Gasteiger partial charge in [-0.05, 0) is 19.1 Å². The van der Waals surface area contributed by atoms with Crippen LogP contribution in [0, 0.1) is 6.92 Å². The number of H-pyrrole nitrogens is 1. The Morgan fingerprint density at radius 1 is 1.54 bits per heavy atom. The zero-order valence-electron chi connectivity index (χ0n) is 7.19. The Hall–Kier alpha value is -1.84. The molecule has 0 unspecified atom stereocenters. The molecule has 0 spiro atoms. The highest BCUT2D eigenvalue weighted by atomic mass is 16.1. The number of nitrogens with zero attached hydrogens (tertiary/aromatic N) is 2. The fourth-order valence-corrected chi connectivity index (χ4v) is 1.24. The summed E-state index contributed by atoms with van der Waals surface area (Å²) in [4.78, 5) is 17.9. The van der Waals surface area contributed by atoms with E-state index in [2.05, 4.69) is 9.97 Å². The van der Waals surface area contributed by atoms with Crippen molar-refractivity contribution in [2.45, 2.75) is 6.92 Å². The molecule has 0 aliphatic carbocycles. The van der Waals surface area contributed by atoms with Gasteiger partial charge in [-0.15, -0.1) is 0 Å². The summed E-state index contributed by atoms with van der Waals surface area (Å²) < 4.78 is 1.53. The summed E-state index contributed by atoms with van der Waals surface area (Å²) in [6.07, 6.45) is 5.00. The zero-order chi connectivity index (χ0) is 9.26. The summed E-state index contributed by atoms with van der Waals surface area (Å²) in [7, 11) is 0. The number of hydrogen-bond donors (Lipinski definition) is 1. The first-order valence-electron chi connectivity index (χ1n) is 3.97. The smallest absolute Gasteiger partial charge is 0.312 e. The largest absolute Gasteiger partial charge is 0.330 e. The number of hydrogen-bond acceptors (Lipinski definition) is 2. The van der Waals surface area contributed by atoms with Crippen molar-refractivity contribution < 1.29 is 0 Å². The molecule has 0 amide bonds. The van der Waals surface area contributed by atoms with Gasteiger partial charge in [0.1, 0.15) is 0 Å². The number of rotatable bonds is 1. The fraction of sp³-hybridized carbons (Fsp3) is 0.111. The molecule has 0 bridgehead atoms. The van der Waals surface area contributed by atoms with Crippen LogP contribution in [0.3, 0.4) is 0 Å². The van der Waals surface area contributed by atoms with Gasteiger partial charge in [-0.1, -0.05) is 0 Å². The maximum absolute atomic E-state index is 11.3. The average molecular weight is 175 g/mol. The summed E-state index contributed by atoms with van der Waals surface area (Å²) in [5.41, 5.74) is 1.51. The highest BCUT2D eigenvalue weighted by Gasteiger charge is 2.02. The second-order valence-electron chi connectivity index (χ2n) is 2.74. The van der Waals surface area contributed by atoms with Crippen molar-refractivity contribution in [3.8, 4) is 5.69 Å². The molecule has 4 heteroatoms. The van der Waals surface area contributed by atoms with Crippen molar-refractivity contribution in [1.82, 2.24) is 14.5 Å². The van der Waals surface area contributed by atoms with Crippen molar-refractivity contribution in [2.24, 2.45) is 0 Å². The molecule has 0 aromatic carbocycles. The normalized spacial score (nSPS) is 10.2. The summed E-state index contributed by atoms with van der Waals surface area (Å²) in [5, 5.41) is 0. The van der Waals surface area contributed by atoms with Gasteiger partial charge in [0.05, 0.1) is 11.4 Å². The maximum atomic E-state index is 11.3. The molecule has 2 heterocycles. The quantitative estimate of drug-likeness (QED) is 0.699. The lowest BCUT2D eigenvalue weighted by Crippen LogP contribution is -2.15. The first-order valence-corrected chi connectivity index (χ1v) is 3.97. The Bertz CT molecular complexity index is 469. The van der Waals surface area contributed by atoms with Gasteiger partial charge in [0.25, 0.3) is 0 Å². The predicted octanol–water partition coefficient (Wildman–Crippen LogP) is 0.869. The van der Waals surface area contributed by atoms with Crippen LogP contribution in [-0.2, 0) is 0 Å². The van der Waals surface area contributed by atoms with Gasteiger partial charge >= 0.3 is 5.69 Å². The van der Waals surface area contributed by atoms with Crippen LogP contribution in [0.1, 0.15) is 5.69 Å². The monoisotopic (exact) mass is 175 g/mol. The zero-order valence-corrected chi connectivity index (χ0v) is 7.19. The second-order valence-corrected chi connectivity index (χ2v) is 2.74. The van der Waals surface area contributed by atoms with E-state index in [0.29, 0.717) is 0 Å². The van der Waals surface area contributed by atoms with Crippen LogP contribution in [0.15, 0.2) is 35.5 Å². The average Bonchev–Trinajstić information content (AvgIpc) is 2.52. The van der Waals surface area contributed by atoms with Gasteiger partial charge in [0.2, 0.25) is 0 Å². The number of aromatic nitrogens is 3. The third kappa shape index (κ3) is 1.26. The molecule has 1 N–H and O–H groups in total. The topological polar surface area (TPSA) is 50.7 Å².